The summed E-state index contributed by atoms with van der Waals surface area (Å²) in [7, 11) is 0. The molecular weight excluding hydrogens is 479 g/mol. The van der Waals surface area contributed by atoms with E-state index >= 15 is 0 Å². The Morgan fingerprint density at radius 2 is 1.07 bits per heavy atom. The van der Waals surface area contributed by atoms with Crippen molar-refractivity contribution in [2.45, 2.75) is 13.3 Å². The van der Waals surface area contributed by atoms with Gasteiger partial charge in [-0.05, 0) is 0 Å². The summed E-state index contributed by atoms with van der Waals surface area (Å²) in [5.41, 5.74) is 3.65. The van der Waals surface area contributed by atoms with Gasteiger partial charge in [-0.15, -0.1) is 0 Å². The Morgan fingerprint density at radius 3 is 1.43 bits per heavy atom. The zero-order chi connectivity index (χ0) is 20.7. The monoisotopic (exact) mass is 504 g/mol. The SMILES string of the molecule is O=C([O][Sn]([CH2]c1ccccc1)([CH2]c1ccccc1)[CH2]c1ccccc1)c1ccco1. The second kappa shape index (κ2) is 9.81. The molecule has 0 amide bonds. The van der Waals surface area contributed by atoms with Crippen molar-refractivity contribution in [2.75, 3.05) is 0 Å². The number of benzene rings is 3. The van der Waals surface area contributed by atoms with Crippen LogP contribution in [0.1, 0.15) is 27.2 Å². The van der Waals surface area contributed by atoms with Gasteiger partial charge in [0.1, 0.15) is 0 Å². The fourth-order valence-electron chi connectivity index (χ4n) is 3.84. The fraction of sp³-hybridized carbons (Fsp3) is 0.115. The minimum absolute atomic E-state index is 0.269. The van der Waals surface area contributed by atoms with E-state index in [0.29, 0.717) is 0 Å². The van der Waals surface area contributed by atoms with Crippen LogP contribution in [-0.4, -0.2) is 24.8 Å². The summed E-state index contributed by atoms with van der Waals surface area (Å²) in [4.78, 5) is 13.0. The summed E-state index contributed by atoms with van der Waals surface area (Å²) in [6.07, 6.45) is 1.51. The second-order valence-electron chi connectivity index (χ2n) is 7.54. The van der Waals surface area contributed by atoms with Gasteiger partial charge >= 0.3 is 182 Å². The zero-order valence-corrected chi connectivity index (χ0v) is 19.6. The van der Waals surface area contributed by atoms with Crippen molar-refractivity contribution >= 4 is 24.8 Å². The van der Waals surface area contributed by atoms with Crippen LogP contribution >= 0.6 is 0 Å². The van der Waals surface area contributed by atoms with E-state index in [4.69, 9.17) is 7.49 Å². The Hall–Kier alpha value is -2.79. The topological polar surface area (TPSA) is 39.4 Å². The van der Waals surface area contributed by atoms with Crippen molar-refractivity contribution in [2.24, 2.45) is 0 Å². The Balaban J connectivity index is 1.74. The van der Waals surface area contributed by atoms with Crippen LogP contribution in [0, 0.1) is 0 Å². The molecule has 1 aromatic heterocycles. The van der Waals surface area contributed by atoms with Gasteiger partial charge < -0.3 is 0 Å². The predicted octanol–water partition coefficient (Wildman–Crippen LogP) is 5.73. The molecule has 0 atom stereocenters. The number of carbonyl (C=O) groups is 1. The van der Waals surface area contributed by atoms with Gasteiger partial charge in [-0.2, -0.15) is 0 Å². The Morgan fingerprint density at radius 1 is 0.633 bits per heavy atom. The molecular formula is C26H24O3Sn. The van der Waals surface area contributed by atoms with Crippen LogP contribution in [0.25, 0.3) is 0 Å². The van der Waals surface area contributed by atoms with E-state index < -0.39 is 18.8 Å². The minimum atomic E-state index is -3.61. The van der Waals surface area contributed by atoms with Gasteiger partial charge in [0, 0.05) is 0 Å². The van der Waals surface area contributed by atoms with Crippen LogP contribution in [0.3, 0.4) is 0 Å². The van der Waals surface area contributed by atoms with Crippen molar-refractivity contribution in [3.8, 4) is 0 Å². The third kappa shape index (κ3) is 5.42. The van der Waals surface area contributed by atoms with Crippen LogP contribution < -0.4 is 0 Å². The molecule has 0 saturated carbocycles. The molecule has 4 rings (SSSR count). The standard InChI is InChI=1S/3C7H7.C5H4O3.Sn/c3*1-7-5-3-2-4-6-7;6-5(7)4-2-1-3-8-4;/h3*2-6H,1H2;1-3H,(H,6,7);/q;;;;+1/p-1. The van der Waals surface area contributed by atoms with Crippen molar-refractivity contribution in [3.05, 3.63) is 132 Å². The van der Waals surface area contributed by atoms with Gasteiger partial charge in [0.2, 0.25) is 0 Å². The molecule has 0 aliphatic carbocycles. The molecule has 30 heavy (non-hydrogen) atoms. The molecule has 0 aliphatic heterocycles. The number of hydrogen-bond acceptors (Lipinski definition) is 3. The molecule has 0 spiro atoms. The van der Waals surface area contributed by atoms with Gasteiger partial charge in [0.25, 0.3) is 0 Å². The summed E-state index contributed by atoms with van der Waals surface area (Å²) < 4.78 is 14.3. The average Bonchev–Trinajstić information content (AvgIpc) is 3.31. The van der Waals surface area contributed by atoms with Crippen molar-refractivity contribution in [3.63, 3.8) is 0 Å². The average molecular weight is 503 g/mol. The van der Waals surface area contributed by atoms with Crippen LogP contribution in [0.2, 0.25) is 0 Å². The maximum absolute atomic E-state index is 13.0. The molecule has 0 radical (unpaired) electrons. The maximum atomic E-state index is 13.0. The van der Waals surface area contributed by atoms with Gasteiger partial charge in [0.15, 0.2) is 0 Å². The Bertz CT molecular complexity index is 944. The first-order valence-electron chi connectivity index (χ1n) is 10.1. The summed E-state index contributed by atoms with van der Waals surface area (Å²) in [6, 6.07) is 34.5. The van der Waals surface area contributed by atoms with Crippen molar-refractivity contribution < 1.29 is 12.3 Å². The van der Waals surface area contributed by atoms with E-state index in [2.05, 4.69) is 36.4 Å². The molecule has 0 fully saturated rings. The van der Waals surface area contributed by atoms with E-state index in [1.54, 1.807) is 12.1 Å². The summed E-state index contributed by atoms with van der Waals surface area (Å²) in [5.74, 6) is -0.0798. The molecule has 0 N–H and O–H groups in total. The quantitative estimate of drug-likeness (QED) is 0.289. The molecule has 0 aliphatic rings. The first kappa shape index (κ1) is 20.5. The number of rotatable bonds is 8. The van der Waals surface area contributed by atoms with Gasteiger partial charge in [-0.25, -0.2) is 0 Å². The van der Waals surface area contributed by atoms with Crippen LogP contribution in [-0.2, 0) is 16.4 Å². The predicted molar refractivity (Wildman–Crippen MR) is 120 cm³/mol. The molecule has 3 aromatic carbocycles. The van der Waals surface area contributed by atoms with Gasteiger partial charge in [-0.3, -0.25) is 0 Å². The Labute approximate surface area is 181 Å². The van der Waals surface area contributed by atoms with E-state index in [1.807, 2.05) is 54.6 Å². The van der Waals surface area contributed by atoms with Gasteiger partial charge in [0.05, 0.1) is 0 Å². The van der Waals surface area contributed by atoms with Crippen LogP contribution in [0.15, 0.2) is 114 Å². The van der Waals surface area contributed by atoms with E-state index in [9.17, 15) is 4.79 Å². The number of furan rings is 1. The molecule has 0 saturated heterocycles. The van der Waals surface area contributed by atoms with E-state index in [-0.39, 0.29) is 11.7 Å². The summed E-state index contributed by atoms with van der Waals surface area (Å²) in [6.45, 7) is 0. The Kier molecular flexibility index (Phi) is 6.70. The van der Waals surface area contributed by atoms with E-state index in [1.165, 1.54) is 23.0 Å². The van der Waals surface area contributed by atoms with Gasteiger partial charge in [-0.1, -0.05) is 0 Å². The third-order valence-electron chi connectivity index (χ3n) is 5.14. The fourth-order valence-corrected chi connectivity index (χ4v) is 15.3. The first-order valence-corrected chi connectivity index (χ1v) is 17.3. The molecule has 4 aromatic rings. The van der Waals surface area contributed by atoms with Crippen molar-refractivity contribution in [1.82, 2.24) is 0 Å². The van der Waals surface area contributed by atoms with E-state index in [0.717, 1.165) is 13.3 Å². The molecule has 150 valence electrons. The summed E-state index contributed by atoms with van der Waals surface area (Å²) in [5, 5.41) is 0. The molecule has 0 unspecified atom stereocenters. The second-order valence-corrected chi connectivity index (χ2v) is 17.9. The first-order chi connectivity index (χ1) is 14.7. The molecule has 1 heterocycles. The summed E-state index contributed by atoms with van der Waals surface area (Å²) >= 11 is -3.61. The molecule has 3 nitrogen and oxygen atoms in total. The molecule has 0 bridgehead atoms. The van der Waals surface area contributed by atoms with Crippen LogP contribution in [0.5, 0.6) is 0 Å². The van der Waals surface area contributed by atoms with Crippen LogP contribution in [0.4, 0.5) is 0 Å². The molecule has 4 heteroatoms. The van der Waals surface area contributed by atoms with Crippen molar-refractivity contribution in [1.29, 1.82) is 0 Å². The number of hydrogen-bond donors (Lipinski definition) is 0. The zero-order valence-electron chi connectivity index (χ0n) is 16.7. The third-order valence-corrected chi connectivity index (χ3v) is 15.9. The number of carbonyl (C=O) groups excluding carboxylic acids is 1. The normalized spacial score (nSPS) is 11.2.